The van der Waals surface area contributed by atoms with E-state index in [1.807, 2.05) is 20.8 Å². The SMILES string of the molecule is CCCCCC(=O)O[C@]1(C(=O)CCl)C(C)C[C@H]2[C@@H]3CCC4=C(F)C(=O)C=C[C@]4(C)[C@@]3(Cl)C(O)C[C@@]21C. The Morgan fingerprint density at radius 2 is 1.94 bits per heavy atom. The maximum atomic E-state index is 15.0. The van der Waals surface area contributed by atoms with Crippen LogP contribution in [-0.2, 0) is 19.1 Å². The van der Waals surface area contributed by atoms with Crippen LogP contribution in [0.1, 0.15) is 79.1 Å². The number of alkyl halides is 2. The minimum atomic E-state index is -1.47. The van der Waals surface area contributed by atoms with Crippen molar-refractivity contribution in [1.82, 2.24) is 0 Å². The average molecular weight is 544 g/mol. The molecule has 4 aliphatic carbocycles. The third-order valence-electron chi connectivity index (χ3n) is 10.1. The molecule has 8 heteroatoms. The lowest BCUT2D eigenvalue weighted by atomic mass is 9.45. The molecule has 0 bridgehead atoms. The van der Waals surface area contributed by atoms with Gasteiger partial charge < -0.3 is 9.84 Å². The number of carbonyl (C=O) groups excluding carboxylic acids is 3. The summed E-state index contributed by atoms with van der Waals surface area (Å²) in [4.78, 5) is 37.4. The quantitative estimate of drug-likeness (QED) is 0.248. The summed E-state index contributed by atoms with van der Waals surface area (Å²) in [5.41, 5.74) is -3.09. The van der Waals surface area contributed by atoms with Gasteiger partial charge in [0.1, 0.15) is 0 Å². The number of Topliss-reactive ketones (excluding diaryl/α,β-unsaturated/α-hetero) is 1. The number of rotatable bonds is 7. The molecule has 0 radical (unpaired) electrons. The second-order valence-electron chi connectivity index (χ2n) is 11.7. The van der Waals surface area contributed by atoms with Gasteiger partial charge in [-0.05, 0) is 55.6 Å². The van der Waals surface area contributed by atoms with E-state index in [1.54, 1.807) is 13.0 Å². The summed E-state index contributed by atoms with van der Waals surface area (Å²) in [7, 11) is 0. The van der Waals surface area contributed by atoms with E-state index in [9.17, 15) is 23.9 Å². The number of ether oxygens (including phenoxy) is 1. The summed E-state index contributed by atoms with van der Waals surface area (Å²) in [6.07, 6.45) is 5.90. The maximum Gasteiger partial charge on any atom is 0.306 e. The third-order valence-corrected chi connectivity index (χ3v) is 11.2. The first kappa shape index (κ1) is 27.8. The van der Waals surface area contributed by atoms with Gasteiger partial charge in [-0.1, -0.05) is 46.6 Å². The van der Waals surface area contributed by atoms with Gasteiger partial charge in [0.05, 0.1) is 16.9 Å². The van der Waals surface area contributed by atoms with Gasteiger partial charge in [0.2, 0.25) is 5.78 Å². The lowest BCUT2D eigenvalue weighted by molar-refractivity contribution is -0.200. The van der Waals surface area contributed by atoms with E-state index in [-0.39, 0.29) is 42.3 Å². The number of carbonyl (C=O) groups is 3. The maximum absolute atomic E-state index is 15.0. The summed E-state index contributed by atoms with van der Waals surface area (Å²) in [5.74, 6) is -3.33. The molecule has 0 spiro atoms. The van der Waals surface area contributed by atoms with Crippen LogP contribution in [0.4, 0.5) is 4.39 Å². The second kappa shape index (κ2) is 9.50. The Hall–Kier alpha value is -1.24. The number of allylic oxidation sites excluding steroid dienone is 4. The van der Waals surface area contributed by atoms with Gasteiger partial charge in [0, 0.05) is 23.2 Å². The lowest BCUT2D eigenvalue weighted by Gasteiger charge is -2.64. The number of hydrogen-bond acceptors (Lipinski definition) is 5. The molecule has 36 heavy (non-hydrogen) atoms. The number of unbranched alkanes of at least 4 members (excludes halogenated alkanes) is 2. The Morgan fingerprint density at radius 1 is 1.25 bits per heavy atom. The van der Waals surface area contributed by atoms with E-state index in [4.69, 9.17) is 27.9 Å². The summed E-state index contributed by atoms with van der Waals surface area (Å²) >= 11 is 13.5. The van der Waals surface area contributed by atoms with Crippen molar-refractivity contribution in [3.8, 4) is 0 Å². The number of hydrogen-bond donors (Lipinski definition) is 1. The number of aliphatic hydroxyl groups is 1. The lowest BCUT2D eigenvalue weighted by Crippen LogP contribution is -2.69. The predicted octanol–water partition coefficient (Wildman–Crippen LogP) is 5.84. The molecule has 0 aliphatic heterocycles. The average Bonchev–Trinajstić information content (AvgIpc) is 3.04. The molecule has 5 nitrogen and oxygen atoms in total. The number of fused-ring (bicyclic) bond motifs is 5. The van der Waals surface area contributed by atoms with Crippen molar-refractivity contribution in [3.63, 3.8) is 0 Å². The highest BCUT2D eigenvalue weighted by atomic mass is 35.5. The Bertz CT molecular complexity index is 1030. The highest BCUT2D eigenvalue weighted by Gasteiger charge is 2.76. The van der Waals surface area contributed by atoms with Crippen molar-refractivity contribution in [2.75, 3.05) is 5.88 Å². The minimum Gasteiger partial charge on any atom is -0.450 e. The van der Waals surface area contributed by atoms with Crippen LogP contribution in [0.15, 0.2) is 23.6 Å². The number of aliphatic hydroxyl groups excluding tert-OH is 1. The minimum absolute atomic E-state index is 0.0964. The van der Waals surface area contributed by atoms with Crippen LogP contribution >= 0.6 is 23.2 Å². The fourth-order valence-electron chi connectivity index (χ4n) is 8.33. The molecule has 1 N–H and O–H groups in total. The number of ketones is 2. The Labute approximate surface area is 222 Å². The van der Waals surface area contributed by atoms with Crippen LogP contribution < -0.4 is 0 Å². The zero-order valence-corrected chi connectivity index (χ0v) is 23.1. The summed E-state index contributed by atoms with van der Waals surface area (Å²) < 4.78 is 21.1. The van der Waals surface area contributed by atoms with Gasteiger partial charge >= 0.3 is 5.97 Å². The molecule has 0 aromatic heterocycles. The zero-order valence-electron chi connectivity index (χ0n) is 21.5. The number of esters is 1. The standard InChI is InChI=1S/C28H37Cl2FO5/c1-5-6-7-8-23(35)36-28(22(34)15-29)16(2)13-19-17-9-10-18-24(31)20(32)11-12-25(18,3)27(17,30)21(33)14-26(19,28)4/h11-12,16-17,19,21,33H,5-10,13-15H2,1-4H3/t16?,17-,19-,21?,25-,26-,27-,28-/m0/s1. The van der Waals surface area contributed by atoms with Gasteiger partial charge in [0.25, 0.3) is 0 Å². The van der Waals surface area contributed by atoms with Gasteiger partial charge in [-0.3, -0.25) is 14.4 Å². The first-order valence-electron chi connectivity index (χ1n) is 13.2. The van der Waals surface area contributed by atoms with Crippen molar-refractivity contribution in [1.29, 1.82) is 0 Å². The largest absolute Gasteiger partial charge is 0.450 e. The normalized spacial score (nSPS) is 43.6. The molecule has 3 fully saturated rings. The molecule has 2 unspecified atom stereocenters. The predicted molar refractivity (Wildman–Crippen MR) is 136 cm³/mol. The fourth-order valence-corrected chi connectivity index (χ4v) is 9.04. The van der Waals surface area contributed by atoms with Crippen LogP contribution in [0.2, 0.25) is 0 Å². The van der Waals surface area contributed by atoms with Crippen LogP contribution in [0.3, 0.4) is 0 Å². The topological polar surface area (TPSA) is 80.7 Å². The number of halogens is 3. The summed E-state index contributed by atoms with van der Waals surface area (Å²) in [5, 5.41) is 11.7. The van der Waals surface area contributed by atoms with E-state index < -0.39 is 45.0 Å². The molecule has 4 rings (SSSR count). The first-order chi connectivity index (χ1) is 16.8. The Morgan fingerprint density at radius 3 is 2.58 bits per heavy atom. The molecule has 4 aliphatic rings. The third kappa shape index (κ3) is 3.53. The molecule has 200 valence electrons. The zero-order chi connectivity index (χ0) is 26.7. The van der Waals surface area contributed by atoms with Gasteiger partial charge in [-0.2, -0.15) is 0 Å². The van der Waals surface area contributed by atoms with Crippen molar-refractivity contribution in [3.05, 3.63) is 23.6 Å². The van der Waals surface area contributed by atoms with Crippen LogP contribution in [0.25, 0.3) is 0 Å². The van der Waals surface area contributed by atoms with E-state index >= 15 is 0 Å². The molecule has 0 heterocycles. The van der Waals surface area contributed by atoms with E-state index in [1.165, 1.54) is 6.08 Å². The Kier molecular flexibility index (Phi) is 7.33. The molecular weight excluding hydrogens is 506 g/mol. The molecule has 0 amide bonds. The monoisotopic (exact) mass is 542 g/mol. The molecule has 0 aromatic rings. The van der Waals surface area contributed by atoms with Crippen LogP contribution in [0, 0.1) is 28.6 Å². The van der Waals surface area contributed by atoms with Crippen LogP contribution in [0.5, 0.6) is 0 Å². The highest BCUT2D eigenvalue weighted by molar-refractivity contribution is 6.29. The molecule has 8 atom stereocenters. The van der Waals surface area contributed by atoms with E-state index in [2.05, 4.69) is 0 Å². The van der Waals surface area contributed by atoms with Crippen molar-refractivity contribution in [2.24, 2.45) is 28.6 Å². The van der Waals surface area contributed by atoms with Gasteiger partial charge in [-0.25, -0.2) is 4.39 Å². The second-order valence-corrected chi connectivity index (χ2v) is 12.6. The van der Waals surface area contributed by atoms with E-state index in [0.29, 0.717) is 31.3 Å². The van der Waals surface area contributed by atoms with Crippen LogP contribution in [-0.4, -0.2) is 45.1 Å². The van der Waals surface area contributed by atoms with Crippen molar-refractivity contribution in [2.45, 2.75) is 95.6 Å². The van der Waals surface area contributed by atoms with Crippen molar-refractivity contribution >= 4 is 40.7 Å². The molecule has 0 saturated heterocycles. The van der Waals surface area contributed by atoms with Crippen molar-refractivity contribution < 1.29 is 28.6 Å². The first-order valence-corrected chi connectivity index (χ1v) is 14.1. The van der Waals surface area contributed by atoms with Gasteiger partial charge in [0.15, 0.2) is 17.2 Å². The summed E-state index contributed by atoms with van der Waals surface area (Å²) in [6, 6.07) is 0. The summed E-state index contributed by atoms with van der Waals surface area (Å²) in [6.45, 7) is 7.66. The van der Waals surface area contributed by atoms with E-state index in [0.717, 1.165) is 12.8 Å². The smallest absolute Gasteiger partial charge is 0.306 e. The molecular formula is C28H37Cl2FO5. The highest BCUT2D eigenvalue weighted by Crippen LogP contribution is 2.72. The fraction of sp³-hybridized carbons (Fsp3) is 0.750. The molecule has 3 saturated carbocycles. The molecule has 0 aromatic carbocycles. The Balaban J connectivity index is 1.78. The van der Waals surface area contributed by atoms with Gasteiger partial charge in [-0.15, -0.1) is 23.2 Å².